The molecule has 0 bridgehead atoms. The number of alkyl halides is 1. The molecule has 0 fully saturated rings. The van der Waals surface area contributed by atoms with Gasteiger partial charge in [0, 0.05) is 11.6 Å². The molecule has 2 unspecified atom stereocenters. The van der Waals surface area contributed by atoms with Crippen LogP contribution in [0.3, 0.4) is 0 Å². The molecule has 1 heterocycles. The fourth-order valence-corrected chi connectivity index (χ4v) is 2.89. The normalized spacial score (nSPS) is 21.6. The molecule has 1 aliphatic heterocycles. The van der Waals surface area contributed by atoms with Crippen molar-refractivity contribution in [1.29, 1.82) is 0 Å². The van der Waals surface area contributed by atoms with Crippen molar-refractivity contribution in [2.24, 2.45) is 0 Å². The third kappa shape index (κ3) is 2.34. The maximum atomic E-state index is 6.61. The zero-order valence-electron chi connectivity index (χ0n) is 10.8. The van der Waals surface area contributed by atoms with Gasteiger partial charge in [0.05, 0.1) is 5.38 Å². The van der Waals surface area contributed by atoms with Gasteiger partial charge in [-0.05, 0) is 31.2 Å². The van der Waals surface area contributed by atoms with Crippen molar-refractivity contribution < 1.29 is 4.74 Å². The first-order valence-corrected chi connectivity index (χ1v) is 6.89. The van der Waals surface area contributed by atoms with Crippen LogP contribution in [-0.2, 0) is 6.42 Å². The Labute approximate surface area is 118 Å². The first kappa shape index (κ1) is 12.5. The molecule has 3 rings (SSSR count). The average molecular weight is 274 g/mol. The summed E-state index contributed by atoms with van der Waals surface area (Å²) >= 11 is 6.61. The Bertz CT molecular complexity index is 584. The lowest BCUT2D eigenvalue weighted by Crippen LogP contribution is -2.33. The van der Waals surface area contributed by atoms with Crippen LogP contribution in [0.2, 0.25) is 0 Å². The summed E-state index contributed by atoms with van der Waals surface area (Å²) in [4.78, 5) is 0. The maximum Gasteiger partial charge on any atom is 0.132 e. The van der Waals surface area contributed by atoms with Crippen LogP contribution in [0, 0.1) is 0 Å². The Morgan fingerprint density at radius 1 is 1.05 bits per heavy atom. The largest absolute Gasteiger partial charge is 0.457 e. The molecule has 3 heteroatoms. The SMILES string of the molecule is CNC1Cc2ccccc2Oc2ccccc2C1Cl. The van der Waals surface area contributed by atoms with Crippen LogP contribution in [0.15, 0.2) is 48.5 Å². The minimum absolute atomic E-state index is 0.102. The second kappa shape index (κ2) is 5.24. The van der Waals surface area contributed by atoms with Crippen molar-refractivity contribution >= 4 is 11.6 Å². The molecule has 1 N–H and O–H groups in total. The van der Waals surface area contributed by atoms with Gasteiger partial charge in [-0.25, -0.2) is 0 Å². The standard InChI is InChI=1S/C16H16ClNO/c1-18-13-10-11-6-2-4-8-14(11)19-15-9-5-3-7-12(15)16(13)17/h2-9,13,16,18H,10H2,1H3. The van der Waals surface area contributed by atoms with Crippen molar-refractivity contribution in [3.63, 3.8) is 0 Å². The lowest BCUT2D eigenvalue weighted by atomic mass is 9.96. The summed E-state index contributed by atoms with van der Waals surface area (Å²) in [6.45, 7) is 0. The lowest BCUT2D eigenvalue weighted by molar-refractivity contribution is 0.437. The van der Waals surface area contributed by atoms with Crippen molar-refractivity contribution in [2.45, 2.75) is 17.8 Å². The summed E-state index contributed by atoms with van der Waals surface area (Å²) in [7, 11) is 1.95. The number of para-hydroxylation sites is 2. The van der Waals surface area contributed by atoms with Gasteiger partial charge in [0.2, 0.25) is 0 Å². The van der Waals surface area contributed by atoms with Gasteiger partial charge in [0.25, 0.3) is 0 Å². The molecule has 0 aromatic heterocycles. The minimum Gasteiger partial charge on any atom is -0.457 e. The van der Waals surface area contributed by atoms with E-state index in [-0.39, 0.29) is 11.4 Å². The number of hydrogen-bond donors (Lipinski definition) is 1. The maximum absolute atomic E-state index is 6.61. The summed E-state index contributed by atoms with van der Waals surface area (Å²) in [5.74, 6) is 1.76. The Balaban J connectivity index is 2.12. The van der Waals surface area contributed by atoms with Gasteiger partial charge in [0.15, 0.2) is 0 Å². The van der Waals surface area contributed by atoms with Crippen molar-refractivity contribution in [3.05, 3.63) is 59.7 Å². The van der Waals surface area contributed by atoms with Gasteiger partial charge in [-0.2, -0.15) is 0 Å². The van der Waals surface area contributed by atoms with E-state index < -0.39 is 0 Å². The molecule has 2 atom stereocenters. The lowest BCUT2D eigenvalue weighted by Gasteiger charge is -2.27. The quantitative estimate of drug-likeness (QED) is 0.796. The second-order valence-corrected chi connectivity index (χ2v) is 5.22. The molecule has 0 saturated heterocycles. The Morgan fingerprint density at radius 2 is 1.74 bits per heavy atom. The van der Waals surface area contributed by atoms with Crippen molar-refractivity contribution in [3.8, 4) is 11.5 Å². The highest BCUT2D eigenvalue weighted by Gasteiger charge is 2.26. The van der Waals surface area contributed by atoms with E-state index in [1.807, 2.05) is 49.5 Å². The molecule has 0 amide bonds. The third-order valence-electron chi connectivity index (χ3n) is 3.57. The van der Waals surface area contributed by atoms with Gasteiger partial charge >= 0.3 is 0 Å². The van der Waals surface area contributed by atoms with Crippen LogP contribution >= 0.6 is 11.6 Å². The summed E-state index contributed by atoms with van der Waals surface area (Å²) < 4.78 is 6.03. The topological polar surface area (TPSA) is 21.3 Å². The molecular weight excluding hydrogens is 258 g/mol. The molecule has 2 aromatic carbocycles. The first-order chi connectivity index (χ1) is 9.29. The van der Waals surface area contributed by atoms with E-state index >= 15 is 0 Å². The van der Waals surface area contributed by atoms with E-state index in [1.54, 1.807) is 0 Å². The van der Waals surface area contributed by atoms with Gasteiger partial charge < -0.3 is 10.1 Å². The van der Waals surface area contributed by atoms with Crippen molar-refractivity contribution in [1.82, 2.24) is 5.32 Å². The van der Waals surface area contributed by atoms with E-state index in [2.05, 4.69) is 11.4 Å². The molecule has 0 radical (unpaired) electrons. The zero-order chi connectivity index (χ0) is 13.2. The van der Waals surface area contributed by atoms with Gasteiger partial charge in [-0.15, -0.1) is 11.6 Å². The smallest absolute Gasteiger partial charge is 0.132 e. The minimum atomic E-state index is -0.102. The molecule has 19 heavy (non-hydrogen) atoms. The second-order valence-electron chi connectivity index (χ2n) is 4.75. The van der Waals surface area contributed by atoms with Crippen LogP contribution in [0.5, 0.6) is 11.5 Å². The summed E-state index contributed by atoms with van der Waals surface area (Å²) in [6, 6.07) is 16.3. The summed E-state index contributed by atoms with van der Waals surface area (Å²) in [5.41, 5.74) is 2.22. The number of nitrogens with one attached hydrogen (secondary N) is 1. The number of halogens is 1. The van der Waals surface area contributed by atoms with E-state index in [9.17, 15) is 0 Å². The third-order valence-corrected chi connectivity index (χ3v) is 4.11. The Morgan fingerprint density at radius 3 is 2.53 bits per heavy atom. The van der Waals surface area contributed by atoms with Crippen LogP contribution < -0.4 is 10.1 Å². The van der Waals surface area contributed by atoms with E-state index in [0.29, 0.717) is 0 Å². The number of rotatable bonds is 1. The number of ether oxygens (including phenoxy) is 1. The van der Waals surface area contributed by atoms with Crippen LogP contribution in [0.25, 0.3) is 0 Å². The highest BCUT2D eigenvalue weighted by Crippen LogP contribution is 2.39. The molecule has 2 nitrogen and oxygen atoms in total. The monoisotopic (exact) mass is 273 g/mol. The van der Waals surface area contributed by atoms with Crippen LogP contribution in [-0.4, -0.2) is 13.1 Å². The van der Waals surface area contributed by atoms with E-state index in [1.165, 1.54) is 5.56 Å². The zero-order valence-corrected chi connectivity index (χ0v) is 11.5. The molecule has 0 spiro atoms. The molecule has 2 aromatic rings. The molecule has 0 saturated carbocycles. The van der Waals surface area contributed by atoms with Crippen LogP contribution in [0.4, 0.5) is 0 Å². The summed E-state index contributed by atoms with van der Waals surface area (Å²) in [6.07, 6.45) is 0.856. The molecular formula is C16H16ClNO. The predicted molar refractivity (Wildman–Crippen MR) is 78.1 cm³/mol. The number of fused-ring (bicyclic) bond motifs is 2. The van der Waals surface area contributed by atoms with E-state index in [0.717, 1.165) is 23.5 Å². The van der Waals surface area contributed by atoms with E-state index in [4.69, 9.17) is 16.3 Å². The highest BCUT2D eigenvalue weighted by atomic mass is 35.5. The van der Waals surface area contributed by atoms with Gasteiger partial charge in [-0.3, -0.25) is 0 Å². The fraction of sp³-hybridized carbons (Fsp3) is 0.250. The number of benzene rings is 2. The van der Waals surface area contributed by atoms with Crippen molar-refractivity contribution in [2.75, 3.05) is 7.05 Å². The Hall–Kier alpha value is -1.51. The molecule has 0 aliphatic carbocycles. The fourth-order valence-electron chi connectivity index (χ4n) is 2.50. The number of likely N-dealkylation sites (N-methyl/N-ethyl adjacent to an activating group) is 1. The molecule has 98 valence electrons. The van der Waals surface area contributed by atoms with Crippen LogP contribution in [0.1, 0.15) is 16.5 Å². The molecule has 1 aliphatic rings. The predicted octanol–water partition coefficient (Wildman–Crippen LogP) is 3.90. The number of hydrogen-bond acceptors (Lipinski definition) is 2. The highest BCUT2D eigenvalue weighted by molar-refractivity contribution is 6.21. The first-order valence-electron chi connectivity index (χ1n) is 6.45. The summed E-state index contributed by atoms with van der Waals surface area (Å²) in [5, 5.41) is 3.21. The Kier molecular flexibility index (Phi) is 3.45. The average Bonchev–Trinajstić information content (AvgIpc) is 2.45. The van der Waals surface area contributed by atoms with Gasteiger partial charge in [0.1, 0.15) is 11.5 Å². The van der Waals surface area contributed by atoms with Gasteiger partial charge in [-0.1, -0.05) is 36.4 Å².